The minimum Gasteiger partial charge on any atom is -0.271 e. The molecule has 0 aromatic heterocycles. The van der Waals surface area contributed by atoms with Gasteiger partial charge < -0.3 is 0 Å². The van der Waals surface area contributed by atoms with Crippen molar-refractivity contribution >= 4 is 15.9 Å². The molecule has 0 heterocycles. The van der Waals surface area contributed by atoms with E-state index in [1.807, 2.05) is 0 Å². The van der Waals surface area contributed by atoms with Gasteiger partial charge in [0.05, 0.1) is 6.04 Å². The monoisotopic (exact) mass is 350 g/mol. The predicted molar refractivity (Wildman–Crippen MR) is 88.4 cm³/mol. The topological polar surface area (TPSA) is 38.0 Å². The van der Waals surface area contributed by atoms with E-state index >= 15 is 0 Å². The lowest BCUT2D eigenvalue weighted by molar-refractivity contribution is 0.528. The van der Waals surface area contributed by atoms with E-state index in [1.54, 1.807) is 12.1 Å². The summed E-state index contributed by atoms with van der Waals surface area (Å²) in [5.74, 6) is 5.94. The molecule has 2 aromatic carbocycles. The smallest absolute Gasteiger partial charge is 0.126 e. The number of halogens is 2. The van der Waals surface area contributed by atoms with Crippen LogP contribution in [0.1, 0.15) is 42.5 Å². The molecule has 1 unspecified atom stereocenters. The van der Waals surface area contributed by atoms with Gasteiger partial charge in [0, 0.05) is 4.47 Å². The second kappa shape index (κ2) is 7.16. The molecule has 112 valence electrons. The summed E-state index contributed by atoms with van der Waals surface area (Å²) in [6, 6.07) is 13.1. The molecule has 2 rings (SSSR count). The second-order valence-electron chi connectivity index (χ2n) is 5.48. The summed E-state index contributed by atoms with van der Waals surface area (Å²) in [5, 5.41) is 0. The van der Waals surface area contributed by atoms with Crippen LogP contribution in [0, 0.1) is 5.82 Å². The molecular weight excluding hydrogens is 331 g/mol. The number of hydrogen-bond donors (Lipinski definition) is 2. The van der Waals surface area contributed by atoms with Gasteiger partial charge in [-0.3, -0.25) is 11.3 Å². The molecule has 1 atom stereocenters. The summed E-state index contributed by atoms with van der Waals surface area (Å²) in [7, 11) is 0. The first-order valence-corrected chi connectivity index (χ1v) is 7.80. The first kappa shape index (κ1) is 16.1. The third-order valence-electron chi connectivity index (χ3n) is 3.64. The van der Waals surface area contributed by atoms with Crippen LogP contribution < -0.4 is 11.3 Å². The highest BCUT2D eigenvalue weighted by Crippen LogP contribution is 2.24. The Morgan fingerprint density at radius 1 is 1.10 bits per heavy atom. The van der Waals surface area contributed by atoms with Crippen molar-refractivity contribution in [1.82, 2.24) is 5.43 Å². The van der Waals surface area contributed by atoms with Gasteiger partial charge in [-0.2, -0.15) is 0 Å². The summed E-state index contributed by atoms with van der Waals surface area (Å²) in [6.45, 7) is 4.31. The van der Waals surface area contributed by atoms with Crippen molar-refractivity contribution in [3.8, 4) is 0 Å². The third-order valence-corrected chi connectivity index (χ3v) is 4.13. The highest BCUT2D eigenvalue weighted by atomic mass is 79.9. The zero-order valence-electron chi connectivity index (χ0n) is 12.2. The molecule has 4 heteroatoms. The molecule has 0 amide bonds. The van der Waals surface area contributed by atoms with Crippen LogP contribution in [-0.4, -0.2) is 0 Å². The van der Waals surface area contributed by atoms with Gasteiger partial charge in [0.2, 0.25) is 0 Å². The van der Waals surface area contributed by atoms with Crippen LogP contribution in [0.15, 0.2) is 46.9 Å². The van der Waals surface area contributed by atoms with Gasteiger partial charge in [-0.25, -0.2) is 4.39 Å². The molecule has 0 spiro atoms. The highest BCUT2D eigenvalue weighted by molar-refractivity contribution is 9.10. The fourth-order valence-electron chi connectivity index (χ4n) is 2.31. The number of nitrogens with one attached hydrogen (secondary N) is 1. The van der Waals surface area contributed by atoms with E-state index in [1.165, 1.54) is 11.6 Å². The zero-order valence-corrected chi connectivity index (χ0v) is 13.8. The summed E-state index contributed by atoms with van der Waals surface area (Å²) in [5.41, 5.74) is 5.76. The maximum Gasteiger partial charge on any atom is 0.126 e. The van der Waals surface area contributed by atoms with Gasteiger partial charge in [-0.15, -0.1) is 0 Å². The van der Waals surface area contributed by atoms with Crippen LogP contribution in [0.5, 0.6) is 0 Å². The number of benzene rings is 2. The molecule has 0 saturated heterocycles. The molecule has 0 saturated carbocycles. The van der Waals surface area contributed by atoms with Crippen molar-refractivity contribution < 1.29 is 4.39 Å². The lowest BCUT2D eigenvalue weighted by Crippen LogP contribution is -2.29. The lowest BCUT2D eigenvalue weighted by atomic mass is 9.96. The Hall–Kier alpha value is -1.23. The number of hydrogen-bond acceptors (Lipinski definition) is 2. The Morgan fingerprint density at radius 3 is 2.29 bits per heavy atom. The fourth-order valence-corrected chi connectivity index (χ4v) is 2.71. The van der Waals surface area contributed by atoms with Crippen LogP contribution in [0.2, 0.25) is 0 Å². The van der Waals surface area contributed by atoms with Crippen LogP contribution in [0.3, 0.4) is 0 Å². The van der Waals surface area contributed by atoms with Crippen molar-refractivity contribution in [2.75, 3.05) is 0 Å². The van der Waals surface area contributed by atoms with E-state index in [2.05, 4.69) is 59.5 Å². The van der Waals surface area contributed by atoms with Crippen molar-refractivity contribution in [3.05, 3.63) is 69.4 Å². The lowest BCUT2D eigenvalue weighted by Gasteiger charge is -2.18. The normalized spacial score (nSPS) is 12.7. The standard InChI is InChI=1S/C17H20BrFN2/c1-11(2)12-3-5-13(6-4-12)17(21-20)10-14-9-15(18)7-8-16(14)19/h3-9,11,17,21H,10,20H2,1-2H3. The van der Waals surface area contributed by atoms with Crippen molar-refractivity contribution in [2.24, 2.45) is 5.84 Å². The van der Waals surface area contributed by atoms with E-state index in [0.717, 1.165) is 10.0 Å². The summed E-state index contributed by atoms with van der Waals surface area (Å²) >= 11 is 3.37. The van der Waals surface area contributed by atoms with Crippen LogP contribution in [0.25, 0.3) is 0 Å². The van der Waals surface area contributed by atoms with Gasteiger partial charge in [-0.05, 0) is 47.2 Å². The van der Waals surface area contributed by atoms with Gasteiger partial charge in [-0.1, -0.05) is 54.0 Å². The highest BCUT2D eigenvalue weighted by Gasteiger charge is 2.14. The summed E-state index contributed by atoms with van der Waals surface area (Å²) < 4.78 is 14.7. The molecule has 0 radical (unpaired) electrons. The van der Waals surface area contributed by atoms with Crippen LogP contribution >= 0.6 is 15.9 Å². The zero-order chi connectivity index (χ0) is 15.4. The SMILES string of the molecule is CC(C)c1ccc(C(Cc2cc(Br)ccc2F)NN)cc1. The number of hydrazine groups is 1. The van der Waals surface area contributed by atoms with Gasteiger partial charge >= 0.3 is 0 Å². The molecule has 3 N–H and O–H groups in total. The predicted octanol–water partition coefficient (Wildman–Crippen LogP) is 4.46. The van der Waals surface area contributed by atoms with E-state index < -0.39 is 0 Å². The molecule has 0 aliphatic rings. The van der Waals surface area contributed by atoms with E-state index in [4.69, 9.17) is 5.84 Å². The largest absolute Gasteiger partial charge is 0.271 e. The minimum absolute atomic E-state index is 0.116. The molecule has 2 nitrogen and oxygen atoms in total. The van der Waals surface area contributed by atoms with Crippen LogP contribution in [0.4, 0.5) is 4.39 Å². The average molecular weight is 351 g/mol. The quantitative estimate of drug-likeness (QED) is 0.617. The molecule has 0 bridgehead atoms. The minimum atomic E-state index is -0.211. The Labute approximate surface area is 133 Å². The third kappa shape index (κ3) is 4.13. The first-order valence-electron chi connectivity index (χ1n) is 7.01. The number of rotatable bonds is 5. The molecule has 2 aromatic rings. The molecule has 0 aliphatic carbocycles. The summed E-state index contributed by atoms with van der Waals surface area (Å²) in [6.07, 6.45) is 0.503. The van der Waals surface area contributed by atoms with Gasteiger partial charge in [0.1, 0.15) is 5.82 Å². The first-order chi connectivity index (χ1) is 10.0. The molecule has 0 aliphatic heterocycles. The van der Waals surface area contributed by atoms with Gasteiger partial charge in [0.25, 0.3) is 0 Å². The van der Waals surface area contributed by atoms with Crippen molar-refractivity contribution in [1.29, 1.82) is 0 Å². The van der Waals surface area contributed by atoms with E-state index in [0.29, 0.717) is 17.9 Å². The molecular formula is C17H20BrFN2. The van der Waals surface area contributed by atoms with Gasteiger partial charge in [0.15, 0.2) is 0 Å². The van der Waals surface area contributed by atoms with Crippen molar-refractivity contribution in [3.63, 3.8) is 0 Å². The Bertz CT molecular complexity index is 596. The number of nitrogens with two attached hydrogens (primary N) is 1. The van der Waals surface area contributed by atoms with E-state index in [9.17, 15) is 4.39 Å². The fraction of sp³-hybridized carbons (Fsp3) is 0.294. The second-order valence-corrected chi connectivity index (χ2v) is 6.40. The summed E-state index contributed by atoms with van der Waals surface area (Å²) in [4.78, 5) is 0. The van der Waals surface area contributed by atoms with E-state index in [-0.39, 0.29) is 11.9 Å². The average Bonchev–Trinajstić information content (AvgIpc) is 2.48. The molecule has 21 heavy (non-hydrogen) atoms. The Balaban J connectivity index is 2.21. The van der Waals surface area contributed by atoms with Crippen molar-refractivity contribution in [2.45, 2.75) is 32.2 Å². The van der Waals surface area contributed by atoms with Crippen LogP contribution in [-0.2, 0) is 6.42 Å². The maximum absolute atomic E-state index is 13.9. The Morgan fingerprint density at radius 2 is 1.71 bits per heavy atom. The Kier molecular flexibility index (Phi) is 5.51. The molecule has 0 fully saturated rings. The maximum atomic E-state index is 13.9.